The van der Waals surface area contributed by atoms with Gasteiger partial charge in [-0.05, 0) is 62.7 Å². The van der Waals surface area contributed by atoms with E-state index in [1.807, 2.05) is 24.3 Å². The first kappa shape index (κ1) is 22.7. The van der Waals surface area contributed by atoms with Crippen molar-refractivity contribution in [3.8, 4) is 5.75 Å². The lowest BCUT2D eigenvalue weighted by atomic mass is 10.0. The number of ether oxygens (including phenoxy) is 2. The number of benzene rings is 2. The van der Waals surface area contributed by atoms with Gasteiger partial charge in [-0.15, -0.1) is 0 Å². The lowest BCUT2D eigenvalue weighted by Gasteiger charge is -2.27. The van der Waals surface area contributed by atoms with Crippen molar-refractivity contribution >= 4 is 33.6 Å². The van der Waals surface area contributed by atoms with Gasteiger partial charge in [0.05, 0.1) is 7.11 Å². The highest BCUT2D eigenvalue weighted by Gasteiger charge is 2.27. The van der Waals surface area contributed by atoms with Crippen LogP contribution in [-0.4, -0.2) is 37.8 Å². The number of anilines is 1. The monoisotopic (exact) mass is 462 g/mol. The van der Waals surface area contributed by atoms with Gasteiger partial charge in [-0.2, -0.15) is 0 Å². The fraction of sp³-hybridized carbons (Fsp3) is 0.364. The van der Waals surface area contributed by atoms with Crippen LogP contribution in [0.15, 0.2) is 53.0 Å². The molecule has 0 aliphatic carbocycles. The van der Waals surface area contributed by atoms with Gasteiger partial charge in [-0.1, -0.05) is 28.1 Å². The molecule has 0 radical (unpaired) electrons. The molecule has 2 amide bonds. The maximum Gasteiger partial charge on any atom is 0.408 e. The van der Waals surface area contributed by atoms with Crippen molar-refractivity contribution in [1.29, 1.82) is 0 Å². The quantitative estimate of drug-likeness (QED) is 0.683. The Bertz CT molecular complexity index is 847. The van der Waals surface area contributed by atoms with Crippen molar-refractivity contribution in [2.75, 3.05) is 19.1 Å². The summed E-state index contributed by atoms with van der Waals surface area (Å²) in [7, 11) is 3.26. The van der Waals surface area contributed by atoms with E-state index in [0.717, 1.165) is 10.0 Å². The number of likely N-dealkylation sites (N-methyl/N-ethyl adjacent to an activating group) is 1. The minimum atomic E-state index is -0.786. The molecule has 6 nitrogen and oxygen atoms in total. The third-order valence-corrected chi connectivity index (χ3v) is 4.60. The number of rotatable bonds is 6. The van der Waals surface area contributed by atoms with Crippen molar-refractivity contribution in [2.45, 2.75) is 38.8 Å². The average Bonchev–Trinajstić information content (AvgIpc) is 2.65. The first-order valence-electron chi connectivity index (χ1n) is 9.24. The van der Waals surface area contributed by atoms with Crippen molar-refractivity contribution in [1.82, 2.24) is 5.32 Å². The first-order valence-corrected chi connectivity index (χ1v) is 10.0. The second kappa shape index (κ2) is 9.78. The molecule has 0 aliphatic heterocycles. The molecule has 1 unspecified atom stereocenters. The number of carbonyl (C=O) groups is 2. The predicted molar refractivity (Wildman–Crippen MR) is 117 cm³/mol. The third-order valence-electron chi connectivity index (χ3n) is 4.11. The number of alkyl carbamates (subject to hydrolysis) is 1. The molecule has 0 spiro atoms. The summed E-state index contributed by atoms with van der Waals surface area (Å²) in [4.78, 5) is 27.1. The second-order valence-corrected chi connectivity index (χ2v) is 8.54. The van der Waals surface area contributed by atoms with Crippen LogP contribution in [0.2, 0.25) is 0 Å². The van der Waals surface area contributed by atoms with Crippen molar-refractivity contribution < 1.29 is 19.1 Å². The Labute approximate surface area is 180 Å². The molecular formula is C22H27BrN2O4. The van der Waals surface area contributed by atoms with Gasteiger partial charge in [0.15, 0.2) is 0 Å². The highest BCUT2D eigenvalue weighted by atomic mass is 79.9. The number of hydrogen-bond acceptors (Lipinski definition) is 4. The van der Waals surface area contributed by atoms with Crippen LogP contribution in [0.5, 0.6) is 5.75 Å². The van der Waals surface area contributed by atoms with Crippen LogP contribution in [0, 0.1) is 0 Å². The maximum atomic E-state index is 13.2. The Morgan fingerprint density at radius 2 is 1.79 bits per heavy atom. The zero-order valence-electron chi connectivity index (χ0n) is 17.4. The summed E-state index contributed by atoms with van der Waals surface area (Å²) in [5.74, 6) is 0.452. The van der Waals surface area contributed by atoms with E-state index in [-0.39, 0.29) is 5.91 Å². The zero-order valence-corrected chi connectivity index (χ0v) is 18.9. The first-order chi connectivity index (χ1) is 13.6. The lowest BCUT2D eigenvalue weighted by Crippen LogP contribution is -2.50. The summed E-state index contributed by atoms with van der Waals surface area (Å²) in [6, 6.07) is 14.0. The third kappa shape index (κ3) is 7.09. The van der Waals surface area contributed by atoms with Crippen LogP contribution in [0.3, 0.4) is 0 Å². The summed E-state index contributed by atoms with van der Waals surface area (Å²) in [5, 5.41) is 2.72. The molecule has 2 aromatic rings. The van der Waals surface area contributed by atoms with E-state index >= 15 is 0 Å². The molecule has 0 bridgehead atoms. The maximum absolute atomic E-state index is 13.2. The van der Waals surface area contributed by atoms with Crippen LogP contribution >= 0.6 is 15.9 Å². The zero-order chi connectivity index (χ0) is 21.6. The summed E-state index contributed by atoms with van der Waals surface area (Å²) < 4.78 is 11.4. The standard InChI is InChI=1S/C22H27BrN2O4/c1-22(2,3)29-21(27)24-19(14-15-7-6-8-16(23)13-15)20(26)25(4)17-9-11-18(28-5)12-10-17/h6-13,19H,14H2,1-5H3,(H,24,27). The van der Waals surface area contributed by atoms with Gasteiger partial charge in [-0.3, -0.25) is 4.79 Å². The molecule has 0 fully saturated rings. The number of hydrogen-bond donors (Lipinski definition) is 1. The van der Waals surface area contributed by atoms with E-state index in [1.165, 1.54) is 4.90 Å². The number of nitrogens with one attached hydrogen (secondary N) is 1. The predicted octanol–water partition coefficient (Wildman–Crippen LogP) is 4.56. The van der Waals surface area contributed by atoms with Gasteiger partial charge in [0.25, 0.3) is 0 Å². The van der Waals surface area contributed by atoms with Gasteiger partial charge >= 0.3 is 6.09 Å². The molecular weight excluding hydrogens is 436 g/mol. The Balaban J connectivity index is 2.23. The molecule has 2 rings (SSSR count). The summed E-state index contributed by atoms with van der Waals surface area (Å²) in [5.41, 5.74) is 0.952. The Hall–Kier alpha value is -2.54. The van der Waals surface area contributed by atoms with Gasteiger partial charge in [0.2, 0.25) is 5.91 Å². The van der Waals surface area contributed by atoms with Crippen LogP contribution in [0.25, 0.3) is 0 Å². The average molecular weight is 463 g/mol. The summed E-state index contributed by atoms with van der Waals surface area (Å²) >= 11 is 3.44. The highest BCUT2D eigenvalue weighted by molar-refractivity contribution is 9.10. The smallest absolute Gasteiger partial charge is 0.408 e. The highest BCUT2D eigenvalue weighted by Crippen LogP contribution is 2.20. The molecule has 0 aliphatic rings. The van der Waals surface area contributed by atoms with E-state index in [2.05, 4.69) is 21.2 Å². The van der Waals surface area contributed by atoms with Crippen molar-refractivity contribution in [3.63, 3.8) is 0 Å². The molecule has 1 atom stereocenters. The van der Waals surface area contributed by atoms with Crippen LogP contribution in [0.1, 0.15) is 26.3 Å². The van der Waals surface area contributed by atoms with Crippen molar-refractivity contribution in [3.05, 3.63) is 58.6 Å². The van der Waals surface area contributed by atoms with Gasteiger partial charge < -0.3 is 19.7 Å². The fourth-order valence-electron chi connectivity index (χ4n) is 2.72. The minimum Gasteiger partial charge on any atom is -0.497 e. The topological polar surface area (TPSA) is 67.9 Å². The molecule has 0 aromatic heterocycles. The molecule has 0 saturated heterocycles. The van der Waals surface area contributed by atoms with Gasteiger partial charge in [-0.25, -0.2) is 4.79 Å². The summed E-state index contributed by atoms with van der Waals surface area (Å²) in [6.45, 7) is 5.34. The van der Waals surface area contributed by atoms with Crippen molar-refractivity contribution in [2.24, 2.45) is 0 Å². The number of amides is 2. The van der Waals surface area contributed by atoms with Crippen LogP contribution < -0.4 is 15.0 Å². The molecule has 0 saturated carbocycles. The Kier molecular flexibility index (Phi) is 7.67. The van der Waals surface area contributed by atoms with E-state index < -0.39 is 17.7 Å². The number of methoxy groups -OCH3 is 1. The number of carbonyl (C=O) groups excluding carboxylic acids is 2. The van der Waals surface area contributed by atoms with Crippen LogP contribution in [0.4, 0.5) is 10.5 Å². The molecule has 2 aromatic carbocycles. The Morgan fingerprint density at radius 1 is 1.14 bits per heavy atom. The number of halogens is 1. The van der Waals surface area contributed by atoms with Gasteiger partial charge in [0, 0.05) is 23.6 Å². The fourth-order valence-corrected chi connectivity index (χ4v) is 3.16. The minimum absolute atomic E-state index is 0.249. The molecule has 29 heavy (non-hydrogen) atoms. The van der Waals surface area contributed by atoms with E-state index in [4.69, 9.17) is 9.47 Å². The second-order valence-electron chi connectivity index (χ2n) is 7.63. The number of nitrogens with zero attached hydrogens (tertiary/aromatic N) is 1. The Morgan fingerprint density at radius 3 is 2.34 bits per heavy atom. The largest absolute Gasteiger partial charge is 0.497 e. The normalized spacial score (nSPS) is 12.1. The van der Waals surface area contributed by atoms with E-state index in [1.54, 1.807) is 59.2 Å². The molecule has 156 valence electrons. The molecule has 0 heterocycles. The lowest BCUT2D eigenvalue weighted by molar-refractivity contribution is -0.120. The van der Waals surface area contributed by atoms with E-state index in [9.17, 15) is 9.59 Å². The van der Waals surface area contributed by atoms with E-state index in [0.29, 0.717) is 17.9 Å². The van der Waals surface area contributed by atoms with Gasteiger partial charge in [0.1, 0.15) is 17.4 Å². The SMILES string of the molecule is COc1ccc(N(C)C(=O)C(Cc2cccc(Br)c2)NC(=O)OC(C)(C)C)cc1. The molecule has 7 heteroatoms. The van der Waals surface area contributed by atoms with Crippen LogP contribution in [-0.2, 0) is 16.0 Å². The summed E-state index contributed by atoms with van der Waals surface area (Å²) in [6.07, 6.45) is -0.299. The molecule has 1 N–H and O–H groups in total.